The lowest BCUT2D eigenvalue weighted by Crippen LogP contribution is -2.02. The molecule has 0 saturated heterocycles. The van der Waals surface area contributed by atoms with E-state index >= 15 is 0 Å². The van der Waals surface area contributed by atoms with Crippen molar-refractivity contribution in [2.45, 2.75) is 13.8 Å². The number of carbonyl (C=O) groups is 1. The van der Waals surface area contributed by atoms with Crippen LogP contribution in [-0.4, -0.2) is 11.1 Å². The number of carboxylic acid groups (broad SMARTS) is 1. The second-order valence-electron chi connectivity index (χ2n) is 4.28. The van der Waals surface area contributed by atoms with Crippen LogP contribution in [0.4, 0.5) is 4.39 Å². The van der Waals surface area contributed by atoms with Crippen LogP contribution < -0.4 is 0 Å². The van der Waals surface area contributed by atoms with E-state index in [1.807, 2.05) is 13.0 Å². The van der Waals surface area contributed by atoms with Crippen LogP contribution in [0.5, 0.6) is 0 Å². The van der Waals surface area contributed by atoms with Crippen molar-refractivity contribution < 1.29 is 14.3 Å². The number of aryl methyl sites for hydroxylation is 1. The molecular weight excluding hydrogens is 231 g/mol. The van der Waals surface area contributed by atoms with Crippen molar-refractivity contribution in [2.24, 2.45) is 0 Å². The fourth-order valence-corrected chi connectivity index (χ4v) is 1.89. The lowest BCUT2D eigenvalue weighted by atomic mass is 9.96. The Kier molecular flexibility index (Phi) is 3.15. The molecule has 0 aliphatic carbocycles. The maximum Gasteiger partial charge on any atom is 0.335 e. The van der Waals surface area contributed by atoms with Gasteiger partial charge in [-0.15, -0.1) is 0 Å². The predicted molar refractivity (Wildman–Crippen MR) is 68.3 cm³/mol. The first-order valence-electron chi connectivity index (χ1n) is 5.59. The van der Waals surface area contributed by atoms with Gasteiger partial charge in [0.25, 0.3) is 0 Å². The van der Waals surface area contributed by atoms with Gasteiger partial charge in [0.2, 0.25) is 0 Å². The molecule has 0 atom stereocenters. The van der Waals surface area contributed by atoms with E-state index in [-0.39, 0.29) is 11.4 Å². The number of halogens is 1. The van der Waals surface area contributed by atoms with Crippen LogP contribution in [0.25, 0.3) is 11.1 Å². The molecule has 0 aromatic heterocycles. The van der Waals surface area contributed by atoms with E-state index in [0.29, 0.717) is 0 Å². The Morgan fingerprint density at radius 3 is 2.22 bits per heavy atom. The highest BCUT2D eigenvalue weighted by molar-refractivity contribution is 5.91. The third-order valence-electron chi connectivity index (χ3n) is 3.08. The normalized spacial score (nSPS) is 10.4. The Labute approximate surface area is 105 Å². The van der Waals surface area contributed by atoms with Gasteiger partial charge in [-0.05, 0) is 54.3 Å². The second kappa shape index (κ2) is 4.61. The number of aromatic carboxylic acids is 1. The summed E-state index contributed by atoms with van der Waals surface area (Å²) < 4.78 is 12.9. The van der Waals surface area contributed by atoms with Crippen molar-refractivity contribution in [2.75, 3.05) is 0 Å². The minimum Gasteiger partial charge on any atom is -0.478 e. The monoisotopic (exact) mass is 244 g/mol. The quantitative estimate of drug-likeness (QED) is 0.872. The Balaban J connectivity index is 2.59. The second-order valence-corrected chi connectivity index (χ2v) is 4.28. The molecule has 92 valence electrons. The van der Waals surface area contributed by atoms with Crippen molar-refractivity contribution in [3.05, 3.63) is 58.9 Å². The van der Waals surface area contributed by atoms with E-state index in [2.05, 4.69) is 0 Å². The molecule has 2 aromatic rings. The largest absolute Gasteiger partial charge is 0.478 e. The summed E-state index contributed by atoms with van der Waals surface area (Å²) in [4.78, 5) is 11.2. The molecular formula is C15H13FO2. The van der Waals surface area contributed by atoms with Crippen molar-refractivity contribution in [3.63, 3.8) is 0 Å². The first-order chi connectivity index (χ1) is 8.49. The van der Waals surface area contributed by atoms with Gasteiger partial charge in [0, 0.05) is 0 Å². The molecule has 0 spiro atoms. The van der Waals surface area contributed by atoms with Crippen molar-refractivity contribution in [1.82, 2.24) is 0 Å². The van der Waals surface area contributed by atoms with Gasteiger partial charge in [0.1, 0.15) is 5.82 Å². The van der Waals surface area contributed by atoms with E-state index in [9.17, 15) is 9.18 Å². The topological polar surface area (TPSA) is 37.3 Å². The highest BCUT2D eigenvalue weighted by atomic mass is 19.1. The van der Waals surface area contributed by atoms with Crippen molar-refractivity contribution >= 4 is 5.97 Å². The van der Waals surface area contributed by atoms with E-state index in [4.69, 9.17) is 5.11 Å². The number of benzene rings is 2. The molecule has 0 amide bonds. The molecule has 2 nitrogen and oxygen atoms in total. The standard InChI is InChI=1S/C15H13FO2/c1-9-7-12(8-14(10(9)2)15(17)18)11-3-5-13(16)6-4-11/h3-8H,1-2H3,(H,17,18). The number of rotatable bonds is 2. The lowest BCUT2D eigenvalue weighted by molar-refractivity contribution is 0.0696. The van der Waals surface area contributed by atoms with Gasteiger partial charge in [-0.2, -0.15) is 0 Å². The molecule has 2 aromatic carbocycles. The Morgan fingerprint density at radius 2 is 1.67 bits per heavy atom. The minimum absolute atomic E-state index is 0.286. The number of carboxylic acids is 1. The summed E-state index contributed by atoms with van der Waals surface area (Å²) >= 11 is 0. The minimum atomic E-state index is -0.945. The van der Waals surface area contributed by atoms with Gasteiger partial charge < -0.3 is 5.11 Å². The van der Waals surface area contributed by atoms with E-state index in [1.165, 1.54) is 12.1 Å². The average molecular weight is 244 g/mol. The molecule has 0 unspecified atom stereocenters. The molecule has 1 N–H and O–H groups in total. The third-order valence-corrected chi connectivity index (χ3v) is 3.08. The summed E-state index contributed by atoms with van der Waals surface area (Å²) in [5, 5.41) is 9.15. The molecule has 18 heavy (non-hydrogen) atoms. The molecule has 3 heteroatoms. The Morgan fingerprint density at radius 1 is 1.06 bits per heavy atom. The number of hydrogen-bond donors (Lipinski definition) is 1. The zero-order valence-corrected chi connectivity index (χ0v) is 10.2. The Hall–Kier alpha value is -2.16. The van der Waals surface area contributed by atoms with Crippen LogP contribution in [-0.2, 0) is 0 Å². The summed E-state index contributed by atoms with van der Waals surface area (Å²) in [6.07, 6.45) is 0. The van der Waals surface area contributed by atoms with E-state index in [0.717, 1.165) is 22.3 Å². The van der Waals surface area contributed by atoms with E-state index in [1.54, 1.807) is 25.1 Å². The van der Waals surface area contributed by atoms with Gasteiger partial charge in [-0.1, -0.05) is 18.2 Å². The highest BCUT2D eigenvalue weighted by Gasteiger charge is 2.11. The van der Waals surface area contributed by atoms with Crippen molar-refractivity contribution in [3.8, 4) is 11.1 Å². The molecule has 0 aliphatic rings. The van der Waals surface area contributed by atoms with Gasteiger partial charge in [0.05, 0.1) is 5.56 Å². The van der Waals surface area contributed by atoms with Gasteiger partial charge in [-0.25, -0.2) is 9.18 Å². The molecule has 0 heterocycles. The zero-order valence-electron chi connectivity index (χ0n) is 10.2. The molecule has 0 radical (unpaired) electrons. The van der Waals surface area contributed by atoms with Gasteiger partial charge >= 0.3 is 5.97 Å². The summed E-state index contributed by atoms with van der Waals surface area (Å²) in [5.74, 6) is -1.25. The SMILES string of the molecule is Cc1cc(-c2ccc(F)cc2)cc(C(=O)O)c1C. The maximum absolute atomic E-state index is 12.9. The lowest BCUT2D eigenvalue weighted by Gasteiger charge is -2.09. The Bertz CT molecular complexity index is 601. The highest BCUT2D eigenvalue weighted by Crippen LogP contribution is 2.25. The summed E-state index contributed by atoms with van der Waals surface area (Å²) in [6, 6.07) is 9.55. The maximum atomic E-state index is 12.9. The van der Waals surface area contributed by atoms with Crippen molar-refractivity contribution in [1.29, 1.82) is 0 Å². The van der Waals surface area contributed by atoms with Crippen LogP contribution in [0, 0.1) is 19.7 Å². The van der Waals surface area contributed by atoms with Crippen LogP contribution in [0.1, 0.15) is 21.5 Å². The fraction of sp³-hybridized carbons (Fsp3) is 0.133. The molecule has 2 rings (SSSR count). The third kappa shape index (κ3) is 2.25. The first kappa shape index (κ1) is 12.3. The molecule has 0 bridgehead atoms. The molecule has 0 saturated carbocycles. The first-order valence-corrected chi connectivity index (χ1v) is 5.59. The van der Waals surface area contributed by atoms with Gasteiger partial charge in [0.15, 0.2) is 0 Å². The van der Waals surface area contributed by atoms with Crippen LogP contribution >= 0.6 is 0 Å². The fourth-order valence-electron chi connectivity index (χ4n) is 1.89. The summed E-state index contributed by atoms with van der Waals surface area (Å²) in [6.45, 7) is 3.65. The van der Waals surface area contributed by atoms with Crippen LogP contribution in [0.3, 0.4) is 0 Å². The average Bonchev–Trinajstić information content (AvgIpc) is 2.33. The molecule has 0 aliphatic heterocycles. The predicted octanol–water partition coefficient (Wildman–Crippen LogP) is 3.81. The summed E-state index contributed by atoms with van der Waals surface area (Å²) in [5.41, 5.74) is 3.55. The summed E-state index contributed by atoms with van der Waals surface area (Å²) in [7, 11) is 0. The zero-order chi connectivity index (χ0) is 13.3. The van der Waals surface area contributed by atoms with E-state index < -0.39 is 5.97 Å². The van der Waals surface area contributed by atoms with Crippen LogP contribution in [0.15, 0.2) is 36.4 Å². The molecule has 0 fully saturated rings. The van der Waals surface area contributed by atoms with Gasteiger partial charge in [-0.3, -0.25) is 0 Å². The number of hydrogen-bond acceptors (Lipinski definition) is 1. The smallest absolute Gasteiger partial charge is 0.335 e. The van der Waals surface area contributed by atoms with Crippen LogP contribution in [0.2, 0.25) is 0 Å².